The van der Waals surface area contributed by atoms with E-state index in [-0.39, 0.29) is 17.6 Å². The third-order valence-electron chi connectivity index (χ3n) is 4.74. The molecule has 0 unspecified atom stereocenters. The van der Waals surface area contributed by atoms with Gasteiger partial charge in [0.25, 0.3) is 0 Å². The molecule has 7 heteroatoms. The Kier molecular flexibility index (Phi) is 4.51. The molecule has 128 valence electrons. The summed E-state index contributed by atoms with van der Waals surface area (Å²) in [6.07, 6.45) is 2.12. The summed E-state index contributed by atoms with van der Waals surface area (Å²) in [5.74, 6) is -1.10. The summed E-state index contributed by atoms with van der Waals surface area (Å²) in [6, 6.07) is 4.47. The van der Waals surface area contributed by atoms with Crippen molar-refractivity contribution in [3.05, 3.63) is 29.8 Å². The predicted molar refractivity (Wildman–Crippen MR) is 85.9 cm³/mol. The van der Waals surface area contributed by atoms with Gasteiger partial charge >= 0.3 is 5.97 Å². The summed E-state index contributed by atoms with van der Waals surface area (Å²) < 4.78 is 15.1. The number of carbonyl (C=O) groups is 2. The Balaban J connectivity index is 1.56. The number of carbonyl (C=O) groups excluding carboxylic acids is 1. The van der Waals surface area contributed by atoms with Crippen LogP contribution in [0.5, 0.6) is 0 Å². The third-order valence-corrected chi connectivity index (χ3v) is 4.74. The molecule has 1 aliphatic rings. The van der Waals surface area contributed by atoms with E-state index in [0.717, 1.165) is 11.3 Å². The van der Waals surface area contributed by atoms with Gasteiger partial charge < -0.3 is 15.0 Å². The maximum Gasteiger partial charge on any atom is 0.306 e. The van der Waals surface area contributed by atoms with Crippen LogP contribution in [0.15, 0.2) is 18.2 Å². The van der Waals surface area contributed by atoms with Crippen molar-refractivity contribution < 1.29 is 19.1 Å². The van der Waals surface area contributed by atoms with Gasteiger partial charge in [0.1, 0.15) is 11.6 Å². The van der Waals surface area contributed by atoms with Crippen molar-refractivity contribution in [2.45, 2.75) is 25.7 Å². The fraction of sp³-hybridized carbons (Fsp3) is 0.471. The summed E-state index contributed by atoms with van der Waals surface area (Å²) >= 11 is 0. The first-order valence-electron chi connectivity index (χ1n) is 8.07. The molecule has 1 saturated carbocycles. The molecule has 6 nitrogen and oxygen atoms in total. The van der Waals surface area contributed by atoms with E-state index in [2.05, 4.69) is 10.3 Å². The molecule has 2 atom stereocenters. The number of aliphatic carboxylic acids is 1. The number of amides is 1. The fourth-order valence-electron chi connectivity index (χ4n) is 3.33. The molecule has 0 saturated heterocycles. The average molecular weight is 333 g/mol. The Morgan fingerprint density at radius 1 is 1.38 bits per heavy atom. The third kappa shape index (κ3) is 3.25. The van der Waals surface area contributed by atoms with Gasteiger partial charge in [-0.25, -0.2) is 9.37 Å². The van der Waals surface area contributed by atoms with Gasteiger partial charge in [-0.3, -0.25) is 9.59 Å². The Hall–Kier alpha value is -2.44. The van der Waals surface area contributed by atoms with Gasteiger partial charge in [-0.05, 0) is 31.4 Å². The topological polar surface area (TPSA) is 84.2 Å². The predicted octanol–water partition coefficient (Wildman–Crippen LogP) is 1.87. The first-order chi connectivity index (χ1) is 11.5. The second-order valence-electron chi connectivity index (χ2n) is 6.31. The number of aromatic nitrogens is 2. The maximum atomic E-state index is 13.2. The van der Waals surface area contributed by atoms with Crippen LogP contribution in [0.1, 0.15) is 25.1 Å². The Bertz CT molecular complexity index is 787. The van der Waals surface area contributed by atoms with Crippen LogP contribution in [0, 0.1) is 17.7 Å². The van der Waals surface area contributed by atoms with Gasteiger partial charge in [0.15, 0.2) is 0 Å². The first kappa shape index (κ1) is 16.4. The normalized spacial score (nSPS) is 20.4. The molecule has 1 amide bonds. The highest BCUT2D eigenvalue weighted by Crippen LogP contribution is 2.31. The monoisotopic (exact) mass is 333 g/mol. The van der Waals surface area contributed by atoms with Gasteiger partial charge in [0, 0.05) is 32.0 Å². The van der Waals surface area contributed by atoms with E-state index in [0.29, 0.717) is 37.7 Å². The minimum Gasteiger partial charge on any atom is -0.481 e. The quantitative estimate of drug-likeness (QED) is 0.875. The van der Waals surface area contributed by atoms with Crippen LogP contribution in [0.25, 0.3) is 11.0 Å². The van der Waals surface area contributed by atoms with Crippen LogP contribution < -0.4 is 5.32 Å². The lowest BCUT2D eigenvalue weighted by Gasteiger charge is -2.10. The molecule has 0 aliphatic heterocycles. The van der Waals surface area contributed by atoms with E-state index in [9.17, 15) is 14.0 Å². The highest BCUT2D eigenvalue weighted by Gasteiger charge is 2.33. The minimum atomic E-state index is -0.822. The molecule has 2 N–H and O–H groups in total. The number of rotatable bonds is 5. The second-order valence-corrected chi connectivity index (χ2v) is 6.31. The number of imidazole rings is 1. The van der Waals surface area contributed by atoms with Gasteiger partial charge in [-0.15, -0.1) is 0 Å². The summed E-state index contributed by atoms with van der Waals surface area (Å²) in [5.41, 5.74) is 1.44. The molecule has 1 fully saturated rings. The Labute approximate surface area is 138 Å². The SMILES string of the molecule is Cn1c(CCNC(=O)[C@@H]2CC[C@H](C(=O)O)C2)nc2cc(F)ccc21. The second kappa shape index (κ2) is 6.59. The highest BCUT2D eigenvalue weighted by molar-refractivity contribution is 5.81. The van der Waals surface area contributed by atoms with Gasteiger partial charge in [0.05, 0.1) is 17.0 Å². The number of halogens is 1. The van der Waals surface area contributed by atoms with Crippen LogP contribution in [0.2, 0.25) is 0 Å². The number of benzene rings is 1. The van der Waals surface area contributed by atoms with E-state index < -0.39 is 11.9 Å². The number of aryl methyl sites for hydroxylation is 1. The van der Waals surface area contributed by atoms with Gasteiger partial charge in [0.2, 0.25) is 5.91 Å². The van der Waals surface area contributed by atoms with Crippen LogP contribution in [-0.4, -0.2) is 33.1 Å². The highest BCUT2D eigenvalue weighted by atomic mass is 19.1. The molecule has 1 aromatic carbocycles. The summed E-state index contributed by atoms with van der Waals surface area (Å²) in [4.78, 5) is 27.5. The molecule has 3 rings (SSSR count). The maximum absolute atomic E-state index is 13.2. The largest absolute Gasteiger partial charge is 0.481 e. The van der Waals surface area contributed by atoms with Crippen molar-refractivity contribution in [3.8, 4) is 0 Å². The van der Waals surface area contributed by atoms with Crippen LogP contribution in [0.4, 0.5) is 4.39 Å². The minimum absolute atomic E-state index is 0.0939. The summed E-state index contributed by atoms with van der Waals surface area (Å²) in [5, 5.41) is 11.8. The van der Waals surface area contributed by atoms with Crippen molar-refractivity contribution in [2.75, 3.05) is 6.54 Å². The van der Waals surface area contributed by atoms with E-state index in [1.807, 2.05) is 11.6 Å². The van der Waals surface area contributed by atoms with E-state index in [1.165, 1.54) is 12.1 Å². The molecule has 24 heavy (non-hydrogen) atoms. The van der Waals surface area contributed by atoms with Gasteiger partial charge in [-0.1, -0.05) is 0 Å². The summed E-state index contributed by atoms with van der Waals surface area (Å²) in [6.45, 7) is 0.423. The summed E-state index contributed by atoms with van der Waals surface area (Å²) in [7, 11) is 1.86. The first-order valence-corrected chi connectivity index (χ1v) is 8.07. The average Bonchev–Trinajstić information content (AvgIpc) is 3.13. The van der Waals surface area contributed by atoms with Gasteiger partial charge in [-0.2, -0.15) is 0 Å². The van der Waals surface area contributed by atoms with Crippen molar-refractivity contribution in [1.29, 1.82) is 0 Å². The molecule has 2 aromatic rings. The van der Waals surface area contributed by atoms with E-state index in [1.54, 1.807) is 6.07 Å². The number of hydrogen-bond donors (Lipinski definition) is 2. The fourth-order valence-corrected chi connectivity index (χ4v) is 3.33. The molecule has 1 aromatic heterocycles. The van der Waals surface area contributed by atoms with E-state index in [4.69, 9.17) is 5.11 Å². The lowest BCUT2D eigenvalue weighted by atomic mass is 10.0. The number of hydrogen-bond acceptors (Lipinski definition) is 3. The molecule has 0 spiro atoms. The van der Waals surface area contributed by atoms with Crippen molar-refractivity contribution >= 4 is 22.9 Å². The lowest BCUT2D eigenvalue weighted by Crippen LogP contribution is -2.31. The van der Waals surface area contributed by atoms with Crippen molar-refractivity contribution in [2.24, 2.45) is 18.9 Å². The number of carboxylic acids is 1. The molecule has 1 aliphatic carbocycles. The smallest absolute Gasteiger partial charge is 0.306 e. The Morgan fingerprint density at radius 2 is 2.12 bits per heavy atom. The number of nitrogens with zero attached hydrogens (tertiary/aromatic N) is 2. The Morgan fingerprint density at radius 3 is 2.83 bits per heavy atom. The molecule has 0 radical (unpaired) electrons. The number of nitrogens with one attached hydrogen (secondary N) is 1. The number of carboxylic acid groups (broad SMARTS) is 1. The van der Waals surface area contributed by atoms with Crippen molar-refractivity contribution in [1.82, 2.24) is 14.9 Å². The molecular formula is C17H20FN3O3. The number of fused-ring (bicyclic) bond motifs is 1. The standard InChI is InChI=1S/C17H20FN3O3/c1-21-14-5-4-12(18)9-13(14)20-15(21)6-7-19-16(22)10-2-3-11(8-10)17(23)24/h4-5,9-11H,2-3,6-8H2,1H3,(H,19,22)(H,23,24)/t10-,11+/m1/s1. The zero-order chi connectivity index (χ0) is 17.3. The zero-order valence-electron chi connectivity index (χ0n) is 13.5. The lowest BCUT2D eigenvalue weighted by molar-refractivity contribution is -0.141. The van der Waals surface area contributed by atoms with Crippen molar-refractivity contribution in [3.63, 3.8) is 0 Å². The van der Waals surface area contributed by atoms with E-state index >= 15 is 0 Å². The molecule has 1 heterocycles. The van der Waals surface area contributed by atoms with Crippen LogP contribution in [-0.2, 0) is 23.1 Å². The van der Waals surface area contributed by atoms with Crippen LogP contribution in [0.3, 0.4) is 0 Å². The molecule has 0 bridgehead atoms. The van der Waals surface area contributed by atoms with Crippen LogP contribution >= 0.6 is 0 Å². The molecular weight excluding hydrogens is 313 g/mol. The zero-order valence-corrected chi connectivity index (χ0v) is 13.5.